The van der Waals surface area contributed by atoms with E-state index in [1.165, 1.54) is 25.0 Å². The van der Waals surface area contributed by atoms with Crippen LogP contribution in [0.3, 0.4) is 0 Å². The predicted octanol–water partition coefficient (Wildman–Crippen LogP) is 3.74. The van der Waals surface area contributed by atoms with Gasteiger partial charge in [-0.05, 0) is 106 Å². The second kappa shape index (κ2) is 11.1. The molecule has 34 heavy (non-hydrogen) atoms. The van der Waals surface area contributed by atoms with Gasteiger partial charge in [-0.2, -0.15) is 0 Å². The molecular weight excluding hydrogens is 432 g/mol. The summed E-state index contributed by atoms with van der Waals surface area (Å²) in [7, 11) is 0. The van der Waals surface area contributed by atoms with Gasteiger partial charge in [0.25, 0.3) is 0 Å². The molecule has 0 spiro atoms. The fourth-order valence-electron chi connectivity index (χ4n) is 4.94. The van der Waals surface area contributed by atoms with Crippen LogP contribution in [0.15, 0.2) is 47.3 Å². The van der Waals surface area contributed by atoms with Crippen molar-refractivity contribution >= 4 is 12.0 Å². The van der Waals surface area contributed by atoms with Crippen molar-refractivity contribution in [3.8, 4) is 11.5 Å². The van der Waals surface area contributed by atoms with Gasteiger partial charge < -0.3 is 30.4 Å². The lowest BCUT2D eigenvalue weighted by atomic mass is 9.69. The molecule has 0 bridgehead atoms. The summed E-state index contributed by atoms with van der Waals surface area (Å²) in [5.74, 6) is 0.449. The Morgan fingerprint density at radius 2 is 2.03 bits per heavy atom. The van der Waals surface area contributed by atoms with E-state index in [2.05, 4.69) is 10.6 Å². The summed E-state index contributed by atoms with van der Waals surface area (Å²) in [6.45, 7) is 1.89. The number of rotatable bonds is 11. The van der Waals surface area contributed by atoms with Gasteiger partial charge in [-0.3, -0.25) is 4.79 Å². The summed E-state index contributed by atoms with van der Waals surface area (Å²) in [5, 5.41) is 37.6. The second-order valence-electron chi connectivity index (χ2n) is 9.93. The number of benzene rings is 1. The molecule has 1 heterocycles. The van der Waals surface area contributed by atoms with Crippen LogP contribution < -0.4 is 10.6 Å². The zero-order valence-corrected chi connectivity index (χ0v) is 19.6. The highest BCUT2D eigenvalue weighted by atomic mass is 16.3. The SMILES string of the molecule is O=C(/C=C/c1ccoc1)NC1CCC(O)(CCc2ccc(O)c(O)c2)C(CCNCC2CC2)C1. The highest BCUT2D eigenvalue weighted by Crippen LogP contribution is 2.40. The quantitative estimate of drug-likeness (QED) is 0.195. The molecule has 1 aromatic carbocycles. The molecule has 7 heteroatoms. The van der Waals surface area contributed by atoms with E-state index in [0.29, 0.717) is 25.7 Å². The van der Waals surface area contributed by atoms with Crippen LogP contribution in [-0.4, -0.2) is 46.0 Å². The number of aryl methyl sites for hydroxylation is 1. The van der Waals surface area contributed by atoms with Gasteiger partial charge in [0.2, 0.25) is 5.91 Å². The third kappa shape index (κ3) is 6.87. The van der Waals surface area contributed by atoms with Crippen molar-refractivity contribution in [1.29, 1.82) is 0 Å². The van der Waals surface area contributed by atoms with Gasteiger partial charge in [0.1, 0.15) is 0 Å². The van der Waals surface area contributed by atoms with Gasteiger partial charge in [0.05, 0.1) is 18.1 Å². The molecule has 0 aliphatic heterocycles. The normalized spacial score (nSPS) is 25.0. The standard InChI is InChI=1S/C27H36N2O5/c30-24-5-3-19(15-25(24)31)7-11-27(33)12-8-23(16-22(27)9-13-28-17-20-1-2-20)29-26(32)6-4-21-10-14-34-18-21/h3-6,10,14-15,18,20,22-23,28,30-31,33H,1-2,7-9,11-13,16-17H2,(H,29,32)/b6-4+. The molecule has 1 aromatic heterocycles. The zero-order chi connectivity index (χ0) is 24.0. The topological polar surface area (TPSA) is 115 Å². The molecule has 184 valence electrons. The van der Waals surface area contributed by atoms with Crippen molar-refractivity contribution < 1.29 is 24.5 Å². The minimum absolute atomic E-state index is 0.0212. The van der Waals surface area contributed by atoms with Crippen LogP contribution in [0.2, 0.25) is 0 Å². The van der Waals surface area contributed by atoms with E-state index < -0.39 is 5.60 Å². The molecule has 5 N–H and O–H groups in total. The summed E-state index contributed by atoms with van der Waals surface area (Å²) >= 11 is 0. The number of aromatic hydroxyl groups is 2. The smallest absolute Gasteiger partial charge is 0.244 e. The van der Waals surface area contributed by atoms with Gasteiger partial charge >= 0.3 is 0 Å². The Kier molecular flexibility index (Phi) is 7.95. The van der Waals surface area contributed by atoms with Crippen LogP contribution in [-0.2, 0) is 11.2 Å². The first-order chi connectivity index (χ1) is 16.4. The number of amides is 1. The maximum absolute atomic E-state index is 12.4. The minimum atomic E-state index is -0.831. The fourth-order valence-corrected chi connectivity index (χ4v) is 4.94. The molecule has 2 fully saturated rings. The number of nitrogens with one attached hydrogen (secondary N) is 2. The third-order valence-corrected chi connectivity index (χ3v) is 7.26. The molecule has 7 nitrogen and oxygen atoms in total. The third-order valence-electron chi connectivity index (χ3n) is 7.26. The van der Waals surface area contributed by atoms with E-state index >= 15 is 0 Å². The van der Waals surface area contributed by atoms with Gasteiger partial charge in [-0.15, -0.1) is 0 Å². The van der Waals surface area contributed by atoms with Crippen LogP contribution in [0.4, 0.5) is 0 Å². The number of furan rings is 1. The van der Waals surface area contributed by atoms with E-state index in [1.54, 1.807) is 36.8 Å². The van der Waals surface area contributed by atoms with Crippen LogP contribution in [0, 0.1) is 11.8 Å². The van der Waals surface area contributed by atoms with Crippen LogP contribution >= 0.6 is 0 Å². The molecule has 0 saturated heterocycles. The largest absolute Gasteiger partial charge is 0.504 e. The number of hydrogen-bond donors (Lipinski definition) is 5. The molecule has 3 unspecified atom stereocenters. The van der Waals surface area contributed by atoms with Crippen molar-refractivity contribution in [2.75, 3.05) is 13.1 Å². The Morgan fingerprint density at radius 3 is 2.76 bits per heavy atom. The molecule has 3 atom stereocenters. The number of phenolic OH excluding ortho intramolecular Hbond substituents is 2. The number of phenols is 2. The molecule has 4 rings (SSSR count). The highest BCUT2D eigenvalue weighted by Gasteiger charge is 2.41. The number of hydrogen-bond acceptors (Lipinski definition) is 6. The summed E-state index contributed by atoms with van der Waals surface area (Å²) < 4.78 is 5.02. The second-order valence-corrected chi connectivity index (χ2v) is 9.93. The molecule has 2 aromatic rings. The van der Waals surface area contributed by atoms with Crippen molar-refractivity contribution in [3.63, 3.8) is 0 Å². The van der Waals surface area contributed by atoms with Gasteiger partial charge in [0, 0.05) is 17.7 Å². The van der Waals surface area contributed by atoms with Crippen LogP contribution in [0.5, 0.6) is 11.5 Å². The fraction of sp³-hybridized carbons (Fsp3) is 0.519. The van der Waals surface area contributed by atoms with Crippen LogP contribution in [0.1, 0.15) is 56.1 Å². The van der Waals surface area contributed by atoms with Crippen LogP contribution in [0.25, 0.3) is 6.08 Å². The van der Waals surface area contributed by atoms with Gasteiger partial charge in [0.15, 0.2) is 11.5 Å². The Balaban J connectivity index is 1.35. The number of aliphatic hydroxyl groups is 1. The van der Waals surface area contributed by atoms with Gasteiger partial charge in [-0.25, -0.2) is 0 Å². The summed E-state index contributed by atoms with van der Waals surface area (Å²) in [5.41, 5.74) is 0.894. The molecular formula is C27H36N2O5. The first-order valence-corrected chi connectivity index (χ1v) is 12.4. The predicted molar refractivity (Wildman–Crippen MR) is 130 cm³/mol. The number of carbonyl (C=O) groups excluding carboxylic acids is 1. The first kappa shape index (κ1) is 24.4. The molecule has 2 saturated carbocycles. The maximum Gasteiger partial charge on any atom is 0.244 e. The monoisotopic (exact) mass is 468 g/mol. The lowest BCUT2D eigenvalue weighted by molar-refractivity contribution is -0.119. The van der Waals surface area contributed by atoms with Gasteiger partial charge in [-0.1, -0.05) is 6.07 Å². The summed E-state index contributed by atoms with van der Waals surface area (Å²) in [6, 6.07) is 6.64. The Bertz CT molecular complexity index is 969. The minimum Gasteiger partial charge on any atom is -0.504 e. The van der Waals surface area contributed by atoms with E-state index in [-0.39, 0.29) is 29.4 Å². The molecule has 2 aliphatic rings. The van der Waals surface area contributed by atoms with E-state index in [1.807, 2.05) is 0 Å². The Hall–Kier alpha value is -2.77. The number of carbonyl (C=O) groups is 1. The highest BCUT2D eigenvalue weighted by molar-refractivity contribution is 5.91. The average Bonchev–Trinajstić information content (AvgIpc) is 3.50. The molecule has 0 radical (unpaired) electrons. The van der Waals surface area contributed by atoms with E-state index in [9.17, 15) is 20.1 Å². The van der Waals surface area contributed by atoms with Crippen molar-refractivity contribution in [2.24, 2.45) is 11.8 Å². The Labute approximate surface area is 200 Å². The lowest BCUT2D eigenvalue weighted by Gasteiger charge is -2.43. The average molecular weight is 469 g/mol. The van der Waals surface area contributed by atoms with Crippen molar-refractivity contribution in [1.82, 2.24) is 10.6 Å². The van der Waals surface area contributed by atoms with E-state index in [0.717, 1.165) is 43.0 Å². The first-order valence-electron chi connectivity index (χ1n) is 12.4. The van der Waals surface area contributed by atoms with E-state index in [4.69, 9.17) is 4.42 Å². The summed E-state index contributed by atoms with van der Waals surface area (Å²) in [6.07, 6.45) is 13.1. The maximum atomic E-state index is 12.4. The summed E-state index contributed by atoms with van der Waals surface area (Å²) in [4.78, 5) is 12.4. The molecule has 2 aliphatic carbocycles. The van der Waals surface area contributed by atoms with Crippen molar-refractivity contribution in [3.05, 3.63) is 54.0 Å². The molecule has 1 amide bonds. The lowest BCUT2D eigenvalue weighted by Crippen LogP contribution is -2.50. The van der Waals surface area contributed by atoms with Crippen molar-refractivity contribution in [2.45, 2.75) is 63.0 Å². The Morgan fingerprint density at radius 1 is 1.18 bits per heavy atom. The zero-order valence-electron chi connectivity index (χ0n) is 19.6.